The number of halogens is 1. The summed E-state index contributed by atoms with van der Waals surface area (Å²) in [4.78, 5) is 21.7. The van der Waals surface area contributed by atoms with Crippen molar-refractivity contribution in [3.8, 4) is 0 Å². The monoisotopic (exact) mass is 242 g/mol. The van der Waals surface area contributed by atoms with Gasteiger partial charge < -0.3 is 4.74 Å². The minimum Gasteiger partial charge on any atom is -0.390 e. The normalized spacial score (nSPS) is 9.38. The van der Waals surface area contributed by atoms with Crippen molar-refractivity contribution in [2.24, 2.45) is 0 Å². The zero-order valence-corrected chi connectivity index (χ0v) is 8.50. The first kappa shape index (κ1) is 9.92. The van der Waals surface area contributed by atoms with Gasteiger partial charge in [-0.25, -0.2) is 4.79 Å². The van der Waals surface area contributed by atoms with Gasteiger partial charge in [0.15, 0.2) is 0 Å². The van der Waals surface area contributed by atoms with E-state index in [0.29, 0.717) is 10.0 Å². The molecule has 0 saturated heterocycles. The molecular formula is C9H7BrO3. The van der Waals surface area contributed by atoms with E-state index < -0.39 is 11.9 Å². The number of carbonyl (C=O) groups excluding carboxylic acids is 2. The van der Waals surface area contributed by atoms with Gasteiger partial charge in [0.1, 0.15) is 0 Å². The summed E-state index contributed by atoms with van der Waals surface area (Å²) < 4.78 is 5.02. The first-order chi connectivity index (χ1) is 6.11. The van der Waals surface area contributed by atoms with E-state index in [1.807, 2.05) is 0 Å². The Labute approximate surface area is 83.8 Å². The second-order valence-corrected chi connectivity index (χ2v) is 3.22. The lowest BCUT2D eigenvalue weighted by Crippen LogP contribution is -2.09. The van der Waals surface area contributed by atoms with Gasteiger partial charge in [-0.1, -0.05) is 12.1 Å². The van der Waals surface area contributed by atoms with Crippen molar-refractivity contribution in [1.82, 2.24) is 0 Å². The number of carbonyl (C=O) groups is 2. The molecule has 0 fully saturated rings. The quantitative estimate of drug-likeness (QED) is 0.560. The molecule has 3 nitrogen and oxygen atoms in total. The van der Waals surface area contributed by atoms with Crippen LogP contribution in [0.25, 0.3) is 0 Å². The van der Waals surface area contributed by atoms with Crippen LogP contribution in [0, 0.1) is 0 Å². The van der Waals surface area contributed by atoms with Gasteiger partial charge in [-0.05, 0) is 28.1 Å². The average Bonchev–Trinajstić information content (AvgIpc) is 2.03. The summed E-state index contributed by atoms with van der Waals surface area (Å²) in [5, 5.41) is 0. The van der Waals surface area contributed by atoms with Crippen molar-refractivity contribution >= 4 is 27.9 Å². The molecule has 1 aromatic rings. The third-order valence-corrected chi connectivity index (χ3v) is 2.02. The van der Waals surface area contributed by atoms with Crippen molar-refractivity contribution in [3.05, 3.63) is 34.3 Å². The molecule has 68 valence electrons. The Morgan fingerprint density at radius 2 is 1.92 bits per heavy atom. The molecule has 0 atom stereocenters. The highest BCUT2D eigenvalue weighted by atomic mass is 79.9. The molecular weight excluding hydrogens is 236 g/mol. The van der Waals surface area contributed by atoms with E-state index in [1.165, 1.54) is 6.92 Å². The van der Waals surface area contributed by atoms with Crippen LogP contribution in [-0.4, -0.2) is 11.9 Å². The number of ether oxygens (including phenoxy) is 1. The number of rotatable bonds is 1. The van der Waals surface area contributed by atoms with Crippen LogP contribution in [0.2, 0.25) is 0 Å². The van der Waals surface area contributed by atoms with Gasteiger partial charge in [0.05, 0.1) is 5.56 Å². The Morgan fingerprint density at radius 1 is 1.31 bits per heavy atom. The summed E-state index contributed by atoms with van der Waals surface area (Å²) in [5.74, 6) is -1.25. The largest absolute Gasteiger partial charge is 0.390 e. The highest BCUT2D eigenvalue weighted by Gasteiger charge is 2.11. The predicted molar refractivity (Wildman–Crippen MR) is 50.2 cm³/mol. The fourth-order valence-electron chi connectivity index (χ4n) is 0.812. The van der Waals surface area contributed by atoms with Gasteiger partial charge in [0.2, 0.25) is 0 Å². The molecule has 0 aliphatic rings. The molecule has 0 aliphatic heterocycles. The molecule has 1 rings (SSSR count). The van der Waals surface area contributed by atoms with E-state index in [-0.39, 0.29) is 0 Å². The van der Waals surface area contributed by atoms with E-state index in [0.717, 1.165) is 0 Å². The van der Waals surface area contributed by atoms with E-state index in [2.05, 4.69) is 20.7 Å². The lowest BCUT2D eigenvalue weighted by Gasteiger charge is -2.01. The molecule has 0 bridgehead atoms. The topological polar surface area (TPSA) is 43.4 Å². The highest BCUT2D eigenvalue weighted by molar-refractivity contribution is 9.10. The second-order valence-electron chi connectivity index (χ2n) is 2.36. The lowest BCUT2D eigenvalue weighted by molar-refractivity contribution is -0.135. The Morgan fingerprint density at radius 3 is 2.46 bits per heavy atom. The molecule has 0 unspecified atom stereocenters. The van der Waals surface area contributed by atoms with Crippen LogP contribution in [0.5, 0.6) is 0 Å². The zero-order valence-electron chi connectivity index (χ0n) is 6.91. The third-order valence-electron chi connectivity index (χ3n) is 1.33. The SMILES string of the molecule is CC(=O)OC(=O)c1ccccc1Br. The molecule has 0 heterocycles. The van der Waals surface area contributed by atoms with Gasteiger partial charge in [0.25, 0.3) is 0 Å². The standard InChI is InChI=1S/C9H7BrO3/c1-6(11)13-9(12)7-4-2-3-5-8(7)10/h2-5H,1H3. The number of esters is 2. The molecule has 4 heteroatoms. The van der Waals surface area contributed by atoms with Crippen LogP contribution in [0.15, 0.2) is 28.7 Å². The Balaban J connectivity index is 2.89. The summed E-state index contributed by atoms with van der Waals surface area (Å²) in [5.41, 5.74) is 0.345. The minimum atomic E-state index is -0.639. The number of hydrogen-bond acceptors (Lipinski definition) is 3. The van der Waals surface area contributed by atoms with Crippen LogP contribution >= 0.6 is 15.9 Å². The molecule has 0 N–H and O–H groups in total. The van der Waals surface area contributed by atoms with Crippen LogP contribution in [0.4, 0.5) is 0 Å². The van der Waals surface area contributed by atoms with Crippen molar-refractivity contribution < 1.29 is 14.3 Å². The summed E-state index contributed by atoms with van der Waals surface area (Å²) in [6, 6.07) is 6.75. The number of hydrogen-bond donors (Lipinski definition) is 0. The van der Waals surface area contributed by atoms with Gasteiger partial charge in [-0.3, -0.25) is 4.79 Å². The second kappa shape index (κ2) is 4.18. The molecule has 0 aliphatic carbocycles. The zero-order chi connectivity index (χ0) is 9.84. The van der Waals surface area contributed by atoms with Gasteiger partial charge >= 0.3 is 11.9 Å². The van der Waals surface area contributed by atoms with Gasteiger partial charge in [0, 0.05) is 11.4 Å². The van der Waals surface area contributed by atoms with Crippen LogP contribution in [-0.2, 0) is 9.53 Å². The molecule has 1 aromatic carbocycles. The summed E-state index contributed by atoms with van der Waals surface area (Å²) in [7, 11) is 0. The van der Waals surface area contributed by atoms with Gasteiger partial charge in [-0.2, -0.15) is 0 Å². The Bertz CT molecular complexity index is 346. The molecule has 0 amide bonds. The summed E-state index contributed by atoms with van der Waals surface area (Å²) in [6.45, 7) is 1.19. The minimum absolute atomic E-state index is 0.345. The van der Waals surface area contributed by atoms with Crippen molar-refractivity contribution in [3.63, 3.8) is 0 Å². The summed E-state index contributed by atoms with van der Waals surface area (Å²) >= 11 is 3.17. The summed E-state index contributed by atoms with van der Waals surface area (Å²) in [6.07, 6.45) is 0. The molecule has 0 spiro atoms. The van der Waals surface area contributed by atoms with Gasteiger partial charge in [-0.15, -0.1) is 0 Å². The maximum absolute atomic E-state index is 11.2. The van der Waals surface area contributed by atoms with Crippen LogP contribution in [0.3, 0.4) is 0 Å². The maximum Gasteiger partial charge on any atom is 0.346 e. The lowest BCUT2D eigenvalue weighted by atomic mass is 10.2. The van der Waals surface area contributed by atoms with Crippen molar-refractivity contribution in [2.45, 2.75) is 6.92 Å². The first-order valence-corrected chi connectivity index (χ1v) is 4.38. The van der Waals surface area contributed by atoms with E-state index in [4.69, 9.17) is 0 Å². The first-order valence-electron chi connectivity index (χ1n) is 3.58. The third kappa shape index (κ3) is 2.66. The fourth-order valence-corrected chi connectivity index (χ4v) is 1.26. The predicted octanol–water partition coefficient (Wildman–Crippen LogP) is 2.15. The number of benzene rings is 1. The Kier molecular flexibility index (Phi) is 3.19. The molecule has 0 aromatic heterocycles. The van der Waals surface area contributed by atoms with E-state index in [9.17, 15) is 9.59 Å². The molecule has 0 radical (unpaired) electrons. The molecule has 0 saturated carbocycles. The van der Waals surface area contributed by atoms with E-state index in [1.54, 1.807) is 24.3 Å². The van der Waals surface area contributed by atoms with E-state index >= 15 is 0 Å². The maximum atomic E-state index is 11.2. The highest BCUT2D eigenvalue weighted by Crippen LogP contribution is 2.16. The van der Waals surface area contributed by atoms with Crippen molar-refractivity contribution in [2.75, 3.05) is 0 Å². The molecule has 13 heavy (non-hydrogen) atoms. The Hall–Kier alpha value is -1.16. The van der Waals surface area contributed by atoms with Crippen LogP contribution in [0.1, 0.15) is 17.3 Å². The smallest absolute Gasteiger partial charge is 0.346 e. The van der Waals surface area contributed by atoms with Crippen molar-refractivity contribution in [1.29, 1.82) is 0 Å². The average molecular weight is 243 g/mol. The fraction of sp³-hybridized carbons (Fsp3) is 0.111. The van der Waals surface area contributed by atoms with Crippen LogP contribution < -0.4 is 0 Å².